The molecule has 1 aliphatic carbocycles. The number of hydrogen-bond acceptors (Lipinski definition) is 4. The Kier molecular flexibility index (Phi) is 4.29. The third-order valence-corrected chi connectivity index (χ3v) is 4.90. The lowest BCUT2D eigenvalue weighted by molar-refractivity contribution is -0.137. The molecule has 1 aromatic carbocycles. The number of carboxylic acid groups (broad SMARTS) is 1. The molecule has 0 amide bonds. The molecule has 6 nitrogen and oxygen atoms in total. The van der Waals surface area contributed by atoms with Crippen molar-refractivity contribution in [3.8, 4) is 5.75 Å². The maximum Gasteiger partial charge on any atom is 0.318 e. The number of hydrogen-bond donors (Lipinski definition) is 1. The van der Waals surface area contributed by atoms with Crippen LogP contribution < -0.4 is 4.74 Å². The smallest absolute Gasteiger partial charge is 0.318 e. The highest BCUT2D eigenvalue weighted by Crippen LogP contribution is 2.32. The van der Waals surface area contributed by atoms with E-state index in [1.54, 1.807) is 12.1 Å². The topological polar surface area (TPSA) is 83.9 Å². The molecule has 0 unspecified atom stereocenters. The minimum absolute atomic E-state index is 0.0918. The number of aliphatic carboxylic acids is 1. The predicted octanol–water partition coefficient (Wildman–Crippen LogP) is 1.32. The van der Waals surface area contributed by atoms with Crippen molar-refractivity contribution in [1.29, 1.82) is 0 Å². The highest BCUT2D eigenvalue weighted by molar-refractivity contribution is 7.89. The van der Waals surface area contributed by atoms with Crippen molar-refractivity contribution in [2.45, 2.75) is 30.7 Å². The summed E-state index contributed by atoms with van der Waals surface area (Å²) in [5.74, 6) is -0.561. The Morgan fingerprint density at radius 1 is 1.35 bits per heavy atom. The first-order valence-corrected chi connectivity index (χ1v) is 7.85. The third-order valence-electron chi connectivity index (χ3n) is 2.99. The molecule has 0 heterocycles. The van der Waals surface area contributed by atoms with E-state index in [1.165, 1.54) is 12.1 Å². The van der Waals surface area contributed by atoms with Gasteiger partial charge in [0.15, 0.2) is 0 Å². The first kappa shape index (κ1) is 14.8. The van der Waals surface area contributed by atoms with Crippen molar-refractivity contribution < 1.29 is 23.1 Å². The Morgan fingerprint density at radius 2 is 1.95 bits per heavy atom. The van der Waals surface area contributed by atoms with Crippen molar-refractivity contribution in [2.24, 2.45) is 0 Å². The maximum absolute atomic E-state index is 12.4. The molecule has 0 atom stereocenters. The van der Waals surface area contributed by atoms with E-state index in [2.05, 4.69) is 0 Å². The van der Waals surface area contributed by atoms with Gasteiger partial charge in [-0.15, -0.1) is 0 Å². The fourth-order valence-electron chi connectivity index (χ4n) is 1.92. The number of rotatable bonds is 7. The van der Waals surface area contributed by atoms with Crippen molar-refractivity contribution in [1.82, 2.24) is 4.31 Å². The molecular formula is C13H17NO5S. The van der Waals surface area contributed by atoms with Gasteiger partial charge in [-0.25, -0.2) is 8.42 Å². The van der Waals surface area contributed by atoms with E-state index >= 15 is 0 Å². The van der Waals surface area contributed by atoms with Crippen molar-refractivity contribution >= 4 is 16.0 Å². The second kappa shape index (κ2) is 5.80. The SMILES string of the molecule is CCOc1ccc(S(=O)(=O)N(CC(=O)O)C2CC2)cc1. The summed E-state index contributed by atoms with van der Waals surface area (Å²) in [7, 11) is -3.77. The standard InChI is InChI=1S/C13H17NO5S/c1-2-19-11-5-7-12(8-6-11)20(17,18)14(9-13(15)16)10-3-4-10/h5-8,10H,2-4,9H2,1H3,(H,15,16). The Balaban J connectivity index is 2.25. The highest BCUT2D eigenvalue weighted by atomic mass is 32.2. The number of ether oxygens (including phenoxy) is 1. The molecule has 20 heavy (non-hydrogen) atoms. The summed E-state index contributed by atoms with van der Waals surface area (Å²) < 4.78 is 31.2. The monoisotopic (exact) mass is 299 g/mol. The Bertz CT molecular complexity index is 577. The zero-order chi connectivity index (χ0) is 14.8. The lowest BCUT2D eigenvalue weighted by atomic mass is 10.3. The molecule has 0 bridgehead atoms. The molecule has 1 aliphatic rings. The van der Waals surface area contributed by atoms with E-state index in [9.17, 15) is 13.2 Å². The van der Waals surface area contributed by atoms with Gasteiger partial charge in [0.25, 0.3) is 0 Å². The molecule has 0 saturated heterocycles. The van der Waals surface area contributed by atoms with Gasteiger partial charge in [0.2, 0.25) is 10.0 Å². The van der Waals surface area contributed by atoms with Crippen LogP contribution in [0.25, 0.3) is 0 Å². The summed E-state index contributed by atoms with van der Waals surface area (Å²) in [5.41, 5.74) is 0. The van der Waals surface area contributed by atoms with Gasteiger partial charge in [-0.2, -0.15) is 4.31 Å². The second-order valence-corrected chi connectivity index (χ2v) is 6.47. The van der Waals surface area contributed by atoms with Crippen LogP contribution in [-0.4, -0.2) is 43.0 Å². The van der Waals surface area contributed by atoms with E-state index in [0.29, 0.717) is 25.2 Å². The summed E-state index contributed by atoms with van der Waals surface area (Å²) in [6.45, 7) is 1.84. The number of carbonyl (C=O) groups is 1. The fourth-order valence-corrected chi connectivity index (χ4v) is 3.55. The van der Waals surface area contributed by atoms with Crippen LogP contribution in [0.3, 0.4) is 0 Å². The van der Waals surface area contributed by atoms with Gasteiger partial charge in [-0.1, -0.05) is 0 Å². The predicted molar refractivity (Wildman–Crippen MR) is 72.2 cm³/mol. The van der Waals surface area contributed by atoms with Crippen LogP contribution in [0.4, 0.5) is 0 Å². The van der Waals surface area contributed by atoms with Gasteiger partial charge < -0.3 is 9.84 Å². The van der Waals surface area contributed by atoms with Crippen LogP contribution in [0, 0.1) is 0 Å². The number of carboxylic acids is 1. The lowest BCUT2D eigenvalue weighted by Crippen LogP contribution is -2.37. The summed E-state index contributed by atoms with van der Waals surface area (Å²) in [5, 5.41) is 8.86. The zero-order valence-electron chi connectivity index (χ0n) is 11.2. The van der Waals surface area contributed by atoms with Crippen LogP contribution in [-0.2, 0) is 14.8 Å². The van der Waals surface area contributed by atoms with Crippen LogP contribution in [0.15, 0.2) is 29.2 Å². The summed E-state index contributed by atoms with van der Waals surface area (Å²) in [4.78, 5) is 10.9. The van der Waals surface area contributed by atoms with Crippen molar-refractivity contribution in [3.63, 3.8) is 0 Å². The van der Waals surface area contributed by atoms with Crippen molar-refractivity contribution in [3.05, 3.63) is 24.3 Å². The molecule has 1 aromatic rings. The molecule has 0 radical (unpaired) electrons. The van der Waals surface area contributed by atoms with E-state index in [1.807, 2.05) is 6.92 Å². The van der Waals surface area contributed by atoms with Gasteiger partial charge in [-0.3, -0.25) is 4.79 Å². The maximum atomic E-state index is 12.4. The van der Waals surface area contributed by atoms with Gasteiger partial charge in [0, 0.05) is 6.04 Å². The summed E-state index contributed by atoms with van der Waals surface area (Å²) in [6.07, 6.45) is 1.42. The van der Waals surface area contributed by atoms with Crippen LogP contribution in [0.1, 0.15) is 19.8 Å². The van der Waals surface area contributed by atoms with E-state index in [4.69, 9.17) is 9.84 Å². The van der Waals surface area contributed by atoms with E-state index in [0.717, 1.165) is 4.31 Å². The number of benzene rings is 1. The molecule has 110 valence electrons. The zero-order valence-corrected chi connectivity index (χ0v) is 12.0. The van der Waals surface area contributed by atoms with E-state index < -0.39 is 22.5 Å². The van der Waals surface area contributed by atoms with Gasteiger partial charge >= 0.3 is 5.97 Å². The first-order valence-electron chi connectivity index (χ1n) is 6.41. The lowest BCUT2D eigenvalue weighted by Gasteiger charge is -2.19. The molecule has 7 heteroatoms. The molecule has 0 aromatic heterocycles. The number of sulfonamides is 1. The highest BCUT2D eigenvalue weighted by Gasteiger charge is 2.39. The molecule has 2 rings (SSSR count). The minimum atomic E-state index is -3.77. The number of nitrogens with zero attached hydrogens (tertiary/aromatic N) is 1. The van der Waals surface area contributed by atoms with Crippen LogP contribution in [0.5, 0.6) is 5.75 Å². The molecule has 0 spiro atoms. The molecular weight excluding hydrogens is 282 g/mol. The van der Waals surface area contributed by atoms with Crippen LogP contribution >= 0.6 is 0 Å². The Morgan fingerprint density at radius 3 is 2.40 bits per heavy atom. The molecule has 1 saturated carbocycles. The van der Waals surface area contributed by atoms with Crippen molar-refractivity contribution in [2.75, 3.05) is 13.2 Å². The summed E-state index contributed by atoms with van der Waals surface area (Å²) in [6, 6.07) is 5.84. The first-order chi connectivity index (χ1) is 9.45. The normalized spacial score (nSPS) is 15.3. The average Bonchev–Trinajstić information content (AvgIpc) is 3.21. The second-order valence-electron chi connectivity index (χ2n) is 4.58. The van der Waals surface area contributed by atoms with E-state index in [-0.39, 0.29) is 10.9 Å². The van der Waals surface area contributed by atoms with Gasteiger partial charge in [-0.05, 0) is 44.0 Å². The van der Waals surface area contributed by atoms with Gasteiger partial charge in [0.1, 0.15) is 12.3 Å². The van der Waals surface area contributed by atoms with Gasteiger partial charge in [0.05, 0.1) is 11.5 Å². The fraction of sp³-hybridized carbons (Fsp3) is 0.462. The molecule has 0 aliphatic heterocycles. The average molecular weight is 299 g/mol. The van der Waals surface area contributed by atoms with Crippen LogP contribution in [0.2, 0.25) is 0 Å². The summed E-state index contributed by atoms with van der Waals surface area (Å²) >= 11 is 0. The quantitative estimate of drug-likeness (QED) is 0.821. The Hall–Kier alpha value is -1.60. The third kappa shape index (κ3) is 3.29. The Labute approximate surface area is 118 Å². The molecule has 1 fully saturated rings. The largest absolute Gasteiger partial charge is 0.494 e. The molecule has 1 N–H and O–H groups in total. The minimum Gasteiger partial charge on any atom is -0.494 e.